The summed E-state index contributed by atoms with van der Waals surface area (Å²) >= 11 is 0. The van der Waals surface area contributed by atoms with Crippen molar-refractivity contribution in [1.82, 2.24) is 5.32 Å². The summed E-state index contributed by atoms with van der Waals surface area (Å²) in [6.07, 6.45) is 0. The quantitative estimate of drug-likeness (QED) is 0.836. The minimum Gasteiger partial charge on any atom is -0.351 e. The van der Waals surface area contributed by atoms with Crippen LogP contribution in [0.2, 0.25) is 0 Å². The molecule has 0 fully saturated rings. The van der Waals surface area contributed by atoms with E-state index < -0.39 is 0 Å². The standard InChI is InChI=1S/C14H11N.ClH/c1-3-7-11(8-4-1)13-14(15-13)12-9-5-2-6-10-12;/h1-10,15H;1H. The van der Waals surface area contributed by atoms with Crippen LogP contribution in [0.1, 0.15) is 11.1 Å². The fourth-order valence-corrected chi connectivity index (χ4v) is 1.74. The molecular formula is C14H12ClN. The summed E-state index contributed by atoms with van der Waals surface area (Å²) in [4.78, 5) is 0. The van der Waals surface area contributed by atoms with Crippen molar-refractivity contribution in [3.8, 4) is 0 Å². The largest absolute Gasteiger partial charge is 0.351 e. The van der Waals surface area contributed by atoms with Gasteiger partial charge < -0.3 is 5.32 Å². The lowest BCUT2D eigenvalue weighted by Crippen LogP contribution is -1.81. The van der Waals surface area contributed by atoms with Crippen LogP contribution in [0.4, 0.5) is 0 Å². The van der Waals surface area contributed by atoms with Gasteiger partial charge in [0.25, 0.3) is 0 Å². The van der Waals surface area contributed by atoms with Crippen molar-refractivity contribution < 1.29 is 0 Å². The highest BCUT2D eigenvalue weighted by Crippen LogP contribution is 2.34. The first-order valence-electron chi connectivity index (χ1n) is 5.07. The maximum Gasteiger partial charge on any atom is 0.0704 e. The van der Waals surface area contributed by atoms with E-state index in [1.54, 1.807) is 0 Å². The van der Waals surface area contributed by atoms with Crippen molar-refractivity contribution in [2.45, 2.75) is 0 Å². The highest BCUT2D eigenvalue weighted by molar-refractivity contribution is 6.04. The summed E-state index contributed by atoms with van der Waals surface area (Å²) in [5.41, 5.74) is 5.02. The lowest BCUT2D eigenvalue weighted by Gasteiger charge is -1.89. The van der Waals surface area contributed by atoms with Crippen molar-refractivity contribution in [2.75, 3.05) is 0 Å². The zero-order valence-electron chi connectivity index (χ0n) is 8.68. The van der Waals surface area contributed by atoms with Gasteiger partial charge in [0.2, 0.25) is 0 Å². The third kappa shape index (κ3) is 1.95. The normalized spacial score (nSPS) is 12.8. The summed E-state index contributed by atoms with van der Waals surface area (Å²) in [6.45, 7) is 0. The van der Waals surface area contributed by atoms with Crippen molar-refractivity contribution in [3.63, 3.8) is 0 Å². The Labute approximate surface area is 101 Å². The molecule has 2 aromatic carbocycles. The maximum absolute atomic E-state index is 3.33. The topological polar surface area (TPSA) is 21.9 Å². The number of hydrogen-bond acceptors (Lipinski definition) is 1. The highest BCUT2D eigenvalue weighted by atomic mass is 35.5. The Kier molecular flexibility index (Phi) is 2.97. The van der Waals surface area contributed by atoms with E-state index in [0.29, 0.717) is 0 Å². The molecular weight excluding hydrogens is 218 g/mol. The molecule has 1 aliphatic heterocycles. The molecule has 0 bridgehead atoms. The van der Waals surface area contributed by atoms with Crippen LogP contribution >= 0.6 is 12.4 Å². The van der Waals surface area contributed by atoms with Crippen molar-refractivity contribution >= 4 is 23.8 Å². The lowest BCUT2D eigenvalue weighted by atomic mass is 10.1. The predicted molar refractivity (Wildman–Crippen MR) is 70.1 cm³/mol. The third-order valence-electron chi connectivity index (χ3n) is 2.56. The summed E-state index contributed by atoms with van der Waals surface area (Å²) in [7, 11) is 0. The van der Waals surface area contributed by atoms with Crippen molar-refractivity contribution in [3.05, 3.63) is 71.8 Å². The molecule has 1 heterocycles. The minimum absolute atomic E-state index is 0. The van der Waals surface area contributed by atoms with Gasteiger partial charge in [-0.25, -0.2) is 0 Å². The molecule has 1 nitrogen and oxygen atoms in total. The molecule has 0 spiro atoms. The van der Waals surface area contributed by atoms with Crippen LogP contribution in [0.3, 0.4) is 0 Å². The molecule has 0 unspecified atom stereocenters. The average molecular weight is 230 g/mol. The van der Waals surface area contributed by atoms with E-state index >= 15 is 0 Å². The van der Waals surface area contributed by atoms with Crippen LogP contribution < -0.4 is 5.32 Å². The van der Waals surface area contributed by atoms with Gasteiger partial charge in [-0.1, -0.05) is 60.7 Å². The van der Waals surface area contributed by atoms with E-state index in [2.05, 4.69) is 53.8 Å². The van der Waals surface area contributed by atoms with E-state index in [4.69, 9.17) is 0 Å². The first-order valence-corrected chi connectivity index (χ1v) is 5.07. The van der Waals surface area contributed by atoms with Crippen LogP contribution in [-0.2, 0) is 0 Å². The lowest BCUT2D eigenvalue weighted by molar-refractivity contribution is 1.43. The Hall–Kier alpha value is -1.73. The summed E-state index contributed by atoms with van der Waals surface area (Å²) in [5, 5.41) is 3.33. The van der Waals surface area contributed by atoms with E-state index in [1.807, 2.05) is 12.1 Å². The SMILES string of the molecule is Cl.c1ccc(C2=C(c3ccccc3)N2)cc1. The minimum atomic E-state index is 0. The molecule has 0 amide bonds. The van der Waals surface area contributed by atoms with Crippen LogP contribution in [-0.4, -0.2) is 0 Å². The molecule has 2 aromatic rings. The zero-order valence-corrected chi connectivity index (χ0v) is 9.50. The van der Waals surface area contributed by atoms with E-state index in [-0.39, 0.29) is 12.4 Å². The molecule has 3 rings (SSSR count). The fourth-order valence-electron chi connectivity index (χ4n) is 1.74. The summed E-state index contributed by atoms with van der Waals surface area (Å²) < 4.78 is 0. The fraction of sp³-hybridized carbons (Fsp3) is 0. The van der Waals surface area contributed by atoms with Gasteiger partial charge in [-0.15, -0.1) is 12.4 Å². The van der Waals surface area contributed by atoms with E-state index in [0.717, 1.165) is 0 Å². The molecule has 0 saturated heterocycles. The first-order chi connectivity index (χ1) is 7.45. The third-order valence-corrected chi connectivity index (χ3v) is 2.56. The molecule has 0 radical (unpaired) electrons. The smallest absolute Gasteiger partial charge is 0.0704 e. The molecule has 0 atom stereocenters. The second-order valence-corrected chi connectivity index (χ2v) is 3.61. The number of nitrogens with one attached hydrogen (secondary N) is 1. The Morgan fingerprint density at radius 1 is 0.562 bits per heavy atom. The predicted octanol–water partition coefficient (Wildman–Crippen LogP) is 3.54. The van der Waals surface area contributed by atoms with Gasteiger partial charge in [0, 0.05) is 11.1 Å². The van der Waals surface area contributed by atoms with E-state index in [1.165, 1.54) is 22.5 Å². The molecule has 0 aromatic heterocycles. The summed E-state index contributed by atoms with van der Waals surface area (Å²) in [5.74, 6) is 0. The van der Waals surface area contributed by atoms with Crippen LogP contribution in [0.25, 0.3) is 11.4 Å². The second-order valence-electron chi connectivity index (χ2n) is 3.61. The van der Waals surface area contributed by atoms with Crippen LogP contribution in [0.5, 0.6) is 0 Å². The van der Waals surface area contributed by atoms with Gasteiger partial charge in [0.15, 0.2) is 0 Å². The molecule has 0 aliphatic carbocycles. The molecule has 1 aliphatic rings. The Balaban J connectivity index is 0.000000963. The highest BCUT2D eigenvalue weighted by Gasteiger charge is 2.22. The number of rotatable bonds is 2. The Bertz CT molecular complexity index is 455. The average Bonchev–Trinajstić information content (AvgIpc) is 3.11. The monoisotopic (exact) mass is 229 g/mol. The Morgan fingerprint density at radius 3 is 1.31 bits per heavy atom. The molecule has 1 N–H and O–H groups in total. The number of halogens is 1. The second kappa shape index (κ2) is 4.42. The van der Waals surface area contributed by atoms with Gasteiger partial charge in [-0.3, -0.25) is 0 Å². The van der Waals surface area contributed by atoms with Gasteiger partial charge >= 0.3 is 0 Å². The van der Waals surface area contributed by atoms with Gasteiger partial charge in [0.05, 0.1) is 11.4 Å². The van der Waals surface area contributed by atoms with Crippen molar-refractivity contribution in [2.24, 2.45) is 0 Å². The first kappa shape index (κ1) is 10.8. The Morgan fingerprint density at radius 2 is 0.938 bits per heavy atom. The number of benzene rings is 2. The van der Waals surface area contributed by atoms with Gasteiger partial charge in [-0.05, 0) is 0 Å². The zero-order chi connectivity index (χ0) is 10.1. The van der Waals surface area contributed by atoms with Gasteiger partial charge in [-0.2, -0.15) is 0 Å². The van der Waals surface area contributed by atoms with Gasteiger partial charge in [0.1, 0.15) is 0 Å². The van der Waals surface area contributed by atoms with E-state index in [9.17, 15) is 0 Å². The van der Waals surface area contributed by atoms with Crippen LogP contribution in [0, 0.1) is 0 Å². The van der Waals surface area contributed by atoms with Crippen LogP contribution in [0.15, 0.2) is 60.7 Å². The molecule has 0 saturated carbocycles. The maximum atomic E-state index is 3.33. The molecule has 16 heavy (non-hydrogen) atoms. The number of hydrogen-bond donors (Lipinski definition) is 1. The summed E-state index contributed by atoms with van der Waals surface area (Å²) in [6, 6.07) is 20.8. The van der Waals surface area contributed by atoms with Crippen molar-refractivity contribution in [1.29, 1.82) is 0 Å². The molecule has 80 valence electrons. The molecule has 2 heteroatoms.